The maximum Gasteiger partial charge on any atom is 0.251 e. The van der Waals surface area contributed by atoms with Crippen molar-refractivity contribution in [3.8, 4) is 0 Å². The van der Waals surface area contributed by atoms with E-state index in [1.807, 2.05) is 6.07 Å². The molecule has 0 aliphatic carbocycles. The van der Waals surface area contributed by atoms with Crippen molar-refractivity contribution in [2.75, 3.05) is 37.9 Å². The highest BCUT2D eigenvalue weighted by molar-refractivity contribution is 5.96. The van der Waals surface area contributed by atoms with Crippen molar-refractivity contribution in [3.63, 3.8) is 0 Å². The van der Waals surface area contributed by atoms with Crippen LogP contribution in [0.3, 0.4) is 0 Å². The van der Waals surface area contributed by atoms with Gasteiger partial charge in [0.2, 0.25) is 0 Å². The number of anilines is 2. The highest BCUT2D eigenvalue weighted by Gasteiger charge is 2.27. The van der Waals surface area contributed by atoms with Crippen molar-refractivity contribution >= 4 is 17.3 Å². The molecule has 1 aromatic carbocycles. The lowest BCUT2D eigenvalue weighted by Crippen LogP contribution is -2.44. The van der Waals surface area contributed by atoms with Crippen molar-refractivity contribution < 1.29 is 9.53 Å². The molecule has 0 radical (unpaired) electrons. The van der Waals surface area contributed by atoms with Gasteiger partial charge in [0, 0.05) is 32.8 Å². The molecule has 1 aliphatic heterocycles. The van der Waals surface area contributed by atoms with E-state index >= 15 is 0 Å². The Morgan fingerprint density at radius 2 is 2.25 bits per heavy atom. The van der Waals surface area contributed by atoms with Gasteiger partial charge in [-0.3, -0.25) is 4.79 Å². The summed E-state index contributed by atoms with van der Waals surface area (Å²) in [5.74, 6) is 0.444. The Balaban J connectivity index is 2.25. The average Bonchev–Trinajstić information content (AvgIpc) is 2.47. The van der Waals surface area contributed by atoms with Crippen LogP contribution in [0.2, 0.25) is 0 Å². The van der Waals surface area contributed by atoms with Gasteiger partial charge in [-0.15, -0.1) is 0 Å². The van der Waals surface area contributed by atoms with Gasteiger partial charge in [-0.05, 0) is 30.5 Å². The number of piperidine rings is 1. The Kier molecular flexibility index (Phi) is 4.49. The van der Waals surface area contributed by atoms with E-state index in [1.165, 1.54) is 0 Å². The van der Waals surface area contributed by atoms with Gasteiger partial charge in [-0.25, -0.2) is 0 Å². The molecule has 20 heavy (non-hydrogen) atoms. The summed E-state index contributed by atoms with van der Waals surface area (Å²) in [6, 6.07) is 5.40. The molecule has 1 aromatic rings. The first-order valence-corrected chi connectivity index (χ1v) is 6.96. The van der Waals surface area contributed by atoms with Crippen molar-refractivity contribution in [2.45, 2.75) is 19.4 Å². The molecule has 0 bridgehead atoms. The molecule has 1 saturated heterocycles. The number of nitrogens with zero attached hydrogens (tertiary/aromatic N) is 1. The molecule has 2 unspecified atom stereocenters. The fraction of sp³-hybridized carbons (Fsp3) is 0.533. The molecule has 1 aliphatic rings. The topological polar surface area (TPSA) is 67.6 Å². The predicted molar refractivity (Wildman–Crippen MR) is 81.0 cm³/mol. The van der Waals surface area contributed by atoms with Crippen LogP contribution in [-0.4, -0.2) is 39.3 Å². The number of benzene rings is 1. The van der Waals surface area contributed by atoms with Crippen LogP contribution in [0.4, 0.5) is 11.4 Å². The summed E-state index contributed by atoms with van der Waals surface area (Å²) < 4.78 is 5.53. The summed E-state index contributed by atoms with van der Waals surface area (Å²) in [4.78, 5) is 13.9. The van der Waals surface area contributed by atoms with Gasteiger partial charge in [-0.2, -0.15) is 0 Å². The zero-order valence-electron chi connectivity index (χ0n) is 12.3. The van der Waals surface area contributed by atoms with Crippen LogP contribution in [0.15, 0.2) is 18.2 Å². The quantitative estimate of drug-likeness (QED) is 0.821. The number of carbonyl (C=O) groups excluding carboxylic acids is 1. The van der Waals surface area contributed by atoms with Crippen molar-refractivity contribution in [1.82, 2.24) is 5.32 Å². The zero-order valence-corrected chi connectivity index (χ0v) is 12.3. The minimum atomic E-state index is -0.0973. The summed E-state index contributed by atoms with van der Waals surface area (Å²) in [6.07, 6.45) is 1.26. The smallest absolute Gasteiger partial charge is 0.251 e. The first-order valence-electron chi connectivity index (χ1n) is 6.96. The summed E-state index contributed by atoms with van der Waals surface area (Å²) >= 11 is 0. The van der Waals surface area contributed by atoms with Crippen LogP contribution in [0.1, 0.15) is 23.7 Å². The molecule has 1 amide bonds. The van der Waals surface area contributed by atoms with Gasteiger partial charge >= 0.3 is 0 Å². The van der Waals surface area contributed by atoms with Crippen molar-refractivity contribution in [3.05, 3.63) is 23.8 Å². The third kappa shape index (κ3) is 2.88. The summed E-state index contributed by atoms with van der Waals surface area (Å²) in [6.45, 7) is 3.94. The third-order valence-electron chi connectivity index (χ3n) is 4.05. The Bertz CT molecular complexity index is 490. The number of nitrogens with two attached hydrogens (primary N) is 1. The fourth-order valence-corrected chi connectivity index (χ4v) is 2.66. The van der Waals surface area contributed by atoms with Crippen LogP contribution in [0.25, 0.3) is 0 Å². The zero-order chi connectivity index (χ0) is 14.7. The number of carbonyl (C=O) groups is 1. The number of nitrogens with one attached hydrogen (secondary N) is 1. The standard InChI is InChI=1S/C15H23N3O2/c1-10-6-7-18(9-14(10)20-3)13-8-11(15(19)17-2)4-5-12(13)16/h4-5,8,10,14H,6-7,9,16H2,1-3H3,(H,17,19). The summed E-state index contributed by atoms with van der Waals surface area (Å²) in [5.41, 5.74) is 8.31. The Labute approximate surface area is 120 Å². The lowest BCUT2D eigenvalue weighted by Gasteiger charge is -2.38. The molecule has 2 atom stereocenters. The first-order chi connectivity index (χ1) is 9.56. The molecule has 0 saturated carbocycles. The highest BCUT2D eigenvalue weighted by Crippen LogP contribution is 2.30. The van der Waals surface area contributed by atoms with Gasteiger partial charge in [0.25, 0.3) is 5.91 Å². The van der Waals surface area contributed by atoms with Crippen LogP contribution in [0, 0.1) is 5.92 Å². The molecule has 1 heterocycles. The average molecular weight is 277 g/mol. The van der Waals surface area contributed by atoms with E-state index in [2.05, 4.69) is 17.1 Å². The molecule has 5 heteroatoms. The largest absolute Gasteiger partial charge is 0.397 e. The lowest BCUT2D eigenvalue weighted by atomic mass is 9.95. The fourth-order valence-electron chi connectivity index (χ4n) is 2.66. The lowest BCUT2D eigenvalue weighted by molar-refractivity contribution is 0.0499. The van der Waals surface area contributed by atoms with Crippen molar-refractivity contribution in [1.29, 1.82) is 0 Å². The van der Waals surface area contributed by atoms with E-state index in [1.54, 1.807) is 26.3 Å². The molecule has 0 aromatic heterocycles. The second kappa shape index (κ2) is 6.13. The summed E-state index contributed by atoms with van der Waals surface area (Å²) in [5, 5.41) is 2.63. The number of amides is 1. The number of methoxy groups -OCH3 is 1. The molecule has 0 spiro atoms. The van der Waals surface area contributed by atoms with E-state index in [4.69, 9.17) is 10.5 Å². The van der Waals surface area contributed by atoms with E-state index in [9.17, 15) is 4.79 Å². The minimum absolute atomic E-state index is 0.0973. The normalized spacial score (nSPS) is 22.6. The number of hydrogen-bond acceptors (Lipinski definition) is 4. The molecule has 2 rings (SSSR count). The Morgan fingerprint density at radius 3 is 2.90 bits per heavy atom. The second-order valence-electron chi connectivity index (χ2n) is 5.34. The predicted octanol–water partition coefficient (Wildman–Crippen LogP) is 1.49. The molecule has 5 nitrogen and oxygen atoms in total. The first kappa shape index (κ1) is 14.7. The second-order valence-corrected chi connectivity index (χ2v) is 5.34. The molecule has 110 valence electrons. The SMILES string of the molecule is CNC(=O)c1ccc(N)c(N2CCC(C)C(OC)C2)c1. The van der Waals surface area contributed by atoms with Crippen LogP contribution in [-0.2, 0) is 4.74 Å². The monoisotopic (exact) mass is 277 g/mol. The number of ether oxygens (including phenoxy) is 1. The van der Waals surface area contributed by atoms with Gasteiger partial charge in [0.1, 0.15) is 0 Å². The molecular formula is C15H23N3O2. The van der Waals surface area contributed by atoms with E-state index in [-0.39, 0.29) is 12.0 Å². The van der Waals surface area contributed by atoms with E-state index in [0.717, 1.165) is 25.2 Å². The highest BCUT2D eigenvalue weighted by atomic mass is 16.5. The van der Waals surface area contributed by atoms with Crippen LogP contribution in [0.5, 0.6) is 0 Å². The number of nitrogen functional groups attached to an aromatic ring is 1. The maximum absolute atomic E-state index is 11.7. The van der Waals surface area contributed by atoms with Gasteiger partial charge in [-0.1, -0.05) is 6.92 Å². The maximum atomic E-state index is 11.7. The van der Waals surface area contributed by atoms with Crippen LogP contribution >= 0.6 is 0 Å². The van der Waals surface area contributed by atoms with Gasteiger partial charge in [0.05, 0.1) is 17.5 Å². The van der Waals surface area contributed by atoms with Gasteiger partial charge in [0.15, 0.2) is 0 Å². The van der Waals surface area contributed by atoms with Crippen molar-refractivity contribution in [2.24, 2.45) is 5.92 Å². The van der Waals surface area contributed by atoms with Crippen LogP contribution < -0.4 is 16.0 Å². The Hall–Kier alpha value is -1.75. The molecular weight excluding hydrogens is 254 g/mol. The van der Waals surface area contributed by atoms with Gasteiger partial charge < -0.3 is 20.7 Å². The molecule has 3 N–H and O–H groups in total. The Morgan fingerprint density at radius 1 is 1.50 bits per heavy atom. The molecule has 1 fully saturated rings. The minimum Gasteiger partial charge on any atom is -0.397 e. The number of rotatable bonds is 3. The number of hydrogen-bond donors (Lipinski definition) is 2. The summed E-state index contributed by atoms with van der Waals surface area (Å²) in [7, 11) is 3.37. The third-order valence-corrected chi connectivity index (χ3v) is 4.05. The van der Waals surface area contributed by atoms with E-state index in [0.29, 0.717) is 17.2 Å². The van der Waals surface area contributed by atoms with E-state index < -0.39 is 0 Å².